The Morgan fingerprint density at radius 1 is 1.29 bits per heavy atom. The van der Waals surface area contributed by atoms with Crippen molar-refractivity contribution in [3.8, 4) is 11.5 Å². The van der Waals surface area contributed by atoms with Crippen LogP contribution in [0.5, 0.6) is 11.5 Å². The number of halogens is 2. The highest BCUT2D eigenvalue weighted by Crippen LogP contribution is 2.30. The first-order valence-corrected chi connectivity index (χ1v) is 10.4. The topological polar surface area (TPSA) is 67.8 Å². The van der Waals surface area contributed by atoms with Crippen LogP contribution in [0.4, 0.5) is 4.39 Å². The van der Waals surface area contributed by atoms with Gasteiger partial charge in [-0.25, -0.2) is 4.39 Å². The van der Waals surface area contributed by atoms with Gasteiger partial charge in [-0.2, -0.15) is 11.8 Å². The number of thioether (sulfide) groups is 1. The van der Waals surface area contributed by atoms with Gasteiger partial charge in [-0.05, 0) is 48.3 Å². The second kappa shape index (κ2) is 11.1. The lowest BCUT2D eigenvalue weighted by Crippen LogP contribution is -2.36. The van der Waals surface area contributed by atoms with Crippen molar-refractivity contribution < 1.29 is 23.8 Å². The van der Waals surface area contributed by atoms with Crippen LogP contribution >= 0.6 is 23.4 Å². The fourth-order valence-corrected chi connectivity index (χ4v) is 3.22. The van der Waals surface area contributed by atoms with Crippen LogP contribution in [0.2, 0.25) is 5.02 Å². The Morgan fingerprint density at radius 3 is 2.71 bits per heavy atom. The monoisotopic (exact) mass is 427 g/mol. The number of hydrogen-bond donors (Lipinski definition) is 2. The summed E-state index contributed by atoms with van der Waals surface area (Å²) < 4.78 is 24.3. The molecule has 0 radical (unpaired) electrons. The summed E-state index contributed by atoms with van der Waals surface area (Å²) >= 11 is 7.63. The summed E-state index contributed by atoms with van der Waals surface area (Å²) in [7, 11) is 1.53. The van der Waals surface area contributed by atoms with Gasteiger partial charge in [-0.3, -0.25) is 4.79 Å². The molecule has 0 saturated heterocycles. The van der Waals surface area contributed by atoms with Gasteiger partial charge in [0.05, 0.1) is 12.1 Å². The Kier molecular flexibility index (Phi) is 8.89. The molecule has 0 aromatic heterocycles. The summed E-state index contributed by atoms with van der Waals surface area (Å²) in [5, 5.41) is 12.6. The van der Waals surface area contributed by atoms with E-state index in [0.717, 1.165) is 11.3 Å². The van der Waals surface area contributed by atoms with E-state index in [0.29, 0.717) is 35.1 Å². The number of hydrogen-bond acceptors (Lipinski definition) is 5. The third kappa shape index (κ3) is 6.58. The van der Waals surface area contributed by atoms with Crippen LogP contribution in [-0.2, 0) is 17.9 Å². The highest BCUT2D eigenvalue weighted by molar-refractivity contribution is 7.98. The molecule has 8 heteroatoms. The van der Waals surface area contributed by atoms with Crippen LogP contribution in [0.3, 0.4) is 0 Å². The van der Waals surface area contributed by atoms with E-state index < -0.39 is 17.8 Å². The average molecular weight is 428 g/mol. The van der Waals surface area contributed by atoms with Crippen LogP contribution in [0.15, 0.2) is 36.4 Å². The smallest absolute Gasteiger partial charge is 0.320 e. The summed E-state index contributed by atoms with van der Waals surface area (Å²) in [4.78, 5) is 11.3. The van der Waals surface area contributed by atoms with Crippen molar-refractivity contribution in [2.75, 3.05) is 19.1 Å². The van der Waals surface area contributed by atoms with Gasteiger partial charge in [0.25, 0.3) is 0 Å². The second-order valence-electron chi connectivity index (χ2n) is 6.06. The molecule has 152 valence electrons. The van der Waals surface area contributed by atoms with E-state index in [4.69, 9.17) is 21.1 Å². The lowest BCUT2D eigenvalue weighted by atomic mass is 10.1. The van der Waals surface area contributed by atoms with Gasteiger partial charge in [-0.15, -0.1) is 0 Å². The molecule has 0 amide bonds. The van der Waals surface area contributed by atoms with Crippen molar-refractivity contribution >= 4 is 29.3 Å². The molecule has 28 heavy (non-hydrogen) atoms. The summed E-state index contributed by atoms with van der Waals surface area (Å²) in [5.41, 5.74) is 1.54. The standard InChI is InChI=1S/C20H23ClFNO4S/c1-26-19-9-13(11-23-17(20(24)25)7-8-28-2)3-6-18(19)27-12-14-4-5-15(22)10-16(14)21/h3-6,9-10,17,23H,7-8,11-12H2,1-2H3,(H,24,25). The molecule has 1 unspecified atom stereocenters. The molecule has 0 saturated carbocycles. The summed E-state index contributed by atoms with van der Waals surface area (Å²) in [6.45, 7) is 0.564. The summed E-state index contributed by atoms with van der Waals surface area (Å²) in [6.07, 6.45) is 2.49. The zero-order chi connectivity index (χ0) is 20.5. The quantitative estimate of drug-likeness (QED) is 0.555. The maximum Gasteiger partial charge on any atom is 0.320 e. The third-order valence-corrected chi connectivity index (χ3v) is 5.08. The van der Waals surface area contributed by atoms with Gasteiger partial charge in [-0.1, -0.05) is 23.7 Å². The minimum Gasteiger partial charge on any atom is -0.493 e. The van der Waals surface area contributed by atoms with E-state index in [2.05, 4.69) is 5.32 Å². The first-order chi connectivity index (χ1) is 13.4. The number of carbonyl (C=O) groups is 1. The zero-order valence-electron chi connectivity index (χ0n) is 15.7. The molecule has 0 spiro atoms. The first-order valence-electron chi connectivity index (χ1n) is 8.63. The van der Waals surface area contributed by atoms with Crippen molar-refractivity contribution in [1.29, 1.82) is 0 Å². The Bertz CT molecular complexity index is 806. The van der Waals surface area contributed by atoms with Gasteiger partial charge >= 0.3 is 5.97 Å². The number of rotatable bonds is 11. The number of benzene rings is 2. The predicted octanol–water partition coefficient (Wildman–Crippen LogP) is 4.36. The Morgan fingerprint density at radius 2 is 2.07 bits per heavy atom. The molecular formula is C20H23ClFNO4S. The lowest BCUT2D eigenvalue weighted by Gasteiger charge is -2.16. The van der Waals surface area contributed by atoms with Crippen LogP contribution in [0.1, 0.15) is 17.5 Å². The van der Waals surface area contributed by atoms with Crippen LogP contribution in [0, 0.1) is 5.82 Å². The number of carboxylic acids is 1. The molecule has 2 rings (SSSR count). The molecule has 0 aliphatic heterocycles. The molecular weight excluding hydrogens is 405 g/mol. The van der Waals surface area contributed by atoms with Crippen molar-refractivity contribution in [2.24, 2.45) is 0 Å². The molecule has 2 aromatic rings. The average Bonchev–Trinajstić information content (AvgIpc) is 2.67. The minimum atomic E-state index is -0.864. The minimum absolute atomic E-state index is 0.169. The van der Waals surface area contributed by atoms with Gasteiger partial charge < -0.3 is 19.9 Å². The Hall–Kier alpha value is -1.96. The summed E-state index contributed by atoms with van der Waals surface area (Å²) in [5.74, 6) is 0.543. The van der Waals surface area contributed by atoms with Crippen molar-refractivity contribution in [1.82, 2.24) is 5.32 Å². The molecule has 1 atom stereocenters. The van der Waals surface area contributed by atoms with Crippen molar-refractivity contribution in [3.05, 3.63) is 58.4 Å². The van der Waals surface area contributed by atoms with Crippen molar-refractivity contribution in [2.45, 2.75) is 25.6 Å². The van der Waals surface area contributed by atoms with E-state index in [1.165, 1.54) is 19.2 Å². The van der Waals surface area contributed by atoms with Gasteiger partial charge in [0.1, 0.15) is 18.5 Å². The van der Waals surface area contributed by atoms with Gasteiger partial charge in [0.2, 0.25) is 0 Å². The summed E-state index contributed by atoms with van der Waals surface area (Å²) in [6, 6.07) is 8.92. The third-order valence-electron chi connectivity index (χ3n) is 4.09. The number of ether oxygens (including phenoxy) is 2. The highest BCUT2D eigenvalue weighted by atomic mass is 35.5. The molecule has 0 heterocycles. The normalized spacial score (nSPS) is 11.9. The zero-order valence-corrected chi connectivity index (χ0v) is 17.3. The van der Waals surface area contributed by atoms with Crippen LogP contribution in [0.25, 0.3) is 0 Å². The van der Waals surface area contributed by atoms with Gasteiger partial charge in [0.15, 0.2) is 11.5 Å². The number of methoxy groups -OCH3 is 1. The van der Waals surface area contributed by atoms with Crippen LogP contribution < -0.4 is 14.8 Å². The second-order valence-corrected chi connectivity index (χ2v) is 7.46. The van der Waals surface area contributed by atoms with E-state index in [-0.39, 0.29) is 6.61 Å². The maximum atomic E-state index is 13.1. The molecule has 0 fully saturated rings. The fraction of sp³-hybridized carbons (Fsp3) is 0.350. The number of nitrogens with one attached hydrogen (secondary N) is 1. The van der Waals surface area contributed by atoms with E-state index >= 15 is 0 Å². The van der Waals surface area contributed by atoms with E-state index in [1.54, 1.807) is 30.0 Å². The number of carboxylic acid groups (broad SMARTS) is 1. The number of aliphatic carboxylic acids is 1. The van der Waals surface area contributed by atoms with Crippen molar-refractivity contribution in [3.63, 3.8) is 0 Å². The largest absolute Gasteiger partial charge is 0.493 e. The Balaban J connectivity index is 2.01. The molecule has 5 nitrogen and oxygen atoms in total. The van der Waals surface area contributed by atoms with E-state index in [1.807, 2.05) is 12.3 Å². The Labute approximate surface area is 173 Å². The lowest BCUT2D eigenvalue weighted by molar-refractivity contribution is -0.139. The molecule has 2 N–H and O–H groups in total. The van der Waals surface area contributed by atoms with E-state index in [9.17, 15) is 14.3 Å². The van der Waals surface area contributed by atoms with Gasteiger partial charge in [0, 0.05) is 12.1 Å². The van der Waals surface area contributed by atoms with Crippen LogP contribution in [-0.4, -0.2) is 36.2 Å². The molecule has 0 aliphatic carbocycles. The molecule has 0 aliphatic rings. The first kappa shape index (κ1) is 22.3. The maximum absolute atomic E-state index is 13.1. The predicted molar refractivity (Wildman–Crippen MR) is 110 cm³/mol. The molecule has 2 aromatic carbocycles. The molecule has 0 bridgehead atoms. The fourth-order valence-electron chi connectivity index (χ4n) is 2.53. The highest BCUT2D eigenvalue weighted by Gasteiger charge is 2.16. The SMILES string of the molecule is COc1cc(CNC(CCSC)C(=O)O)ccc1OCc1ccc(F)cc1Cl.